The van der Waals surface area contributed by atoms with Crippen LogP contribution in [0.5, 0.6) is 0 Å². The Hall–Kier alpha value is -2.05. The van der Waals surface area contributed by atoms with Crippen LogP contribution in [-0.2, 0) is 14.3 Å². The summed E-state index contributed by atoms with van der Waals surface area (Å²) in [5.74, 6) is -0.932. The van der Waals surface area contributed by atoms with Crippen molar-refractivity contribution in [2.24, 2.45) is 11.7 Å². The molecule has 0 heterocycles. The van der Waals surface area contributed by atoms with Crippen LogP contribution < -0.4 is 16.4 Å². The standard InChI is InChI=1S/C12H21N3O4/c1-4-5-19-12(18)15-9(6-8(2)3)11(17)14-7-10(13)16/h4,8-9H,1,5-7H2,2-3H3,(H2,13,16)(H,14,17)(H,15,18). The van der Waals surface area contributed by atoms with Gasteiger partial charge in [-0.15, -0.1) is 0 Å². The van der Waals surface area contributed by atoms with Crippen molar-refractivity contribution >= 4 is 17.9 Å². The normalized spacial score (nSPS) is 11.5. The topological polar surface area (TPSA) is 111 Å². The van der Waals surface area contributed by atoms with Crippen molar-refractivity contribution in [3.8, 4) is 0 Å². The Morgan fingerprint density at radius 1 is 1.37 bits per heavy atom. The maximum atomic E-state index is 11.8. The summed E-state index contributed by atoms with van der Waals surface area (Å²) in [6, 6.07) is -0.767. The first-order valence-corrected chi connectivity index (χ1v) is 5.97. The van der Waals surface area contributed by atoms with Gasteiger partial charge in [0.25, 0.3) is 0 Å². The monoisotopic (exact) mass is 271 g/mol. The lowest BCUT2D eigenvalue weighted by Crippen LogP contribution is -2.49. The second kappa shape index (κ2) is 8.96. The smallest absolute Gasteiger partial charge is 0.408 e. The Balaban J connectivity index is 4.43. The molecule has 1 unspecified atom stereocenters. The minimum Gasteiger partial charge on any atom is -0.445 e. The van der Waals surface area contributed by atoms with E-state index in [0.29, 0.717) is 6.42 Å². The van der Waals surface area contributed by atoms with Crippen LogP contribution in [-0.4, -0.2) is 37.1 Å². The van der Waals surface area contributed by atoms with E-state index in [1.54, 1.807) is 0 Å². The van der Waals surface area contributed by atoms with Gasteiger partial charge in [0, 0.05) is 0 Å². The number of hydrogen-bond donors (Lipinski definition) is 3. The number of rotatable bonds is 8. The summed E-state index contributed by atoms with van der Waals surface area (Å²) in [4.78, 5) is 33.8. The molecular formula is C12H21N3O4. The predicted molar refractivity (Wildman–Crippen MR) is 70.1 cm³/mol. The molecule has 0 saturated carbocycles. The molecule has 0 radical (unpaired) electrons. The number of amides is 3. The summed E-state index contributed by atoms with van der Waals surface area (Å²) < 4.78 is 4.74. The Bertz CT molecular complexity index is 342. The molecule has 0 spiro atoms. The molecule has 0 aromatic rings. The van der Waals surface area contributed by atoms with E-state index in [9.17, 15) is 14.4 Å². The number of hydrogen-bond acceptors (Lipinski definition) is 4. The lowest BCUT2D eigenvalue weighted by Gasteiger charge is -2.19. The highest BCUT2D eigenvalue weighted by Crippen LogP contribution is 2.05. The molecule has 0 aromatic heterocycles. The van der Waals surface area contributed by atoms with Gasteiger partial charge < -0.3 is 21.1 Å². The van der Waals surface area contributed by atoms with Gasteiger partial charge in [-0.05, 0) is 12.3 Å². The van der Waals surface area contributed by atoms with Gasteiger partial charge in [0.05, 0.1) is 6.54 Å². The number of alkyl carbamates (subject to hydrolysis) is 1. The number of carbonyl (C=O) groups excluding carboxylic acids is 3. The van der Waals surface area contributed by atoms with Crippen molar-refractivity contribution in [1.29, 1.82) is 0 Å². The lowest BCUT2D eigenvalue weighted by atomic mass is 10.0. The number of ether oxygens (including phenoxy) is 1. The summed E-state index contributed by atoms with van der Waals surface area (Å²) in [5.41, 5.74) is 4.93. The van der Waals surface area contributed by atoms with Crippen LogP contribution in [0.2, 0.25) is 0 Å². The molecule has 0 saturated heterocycles. The van der Waals surface area contributed by atoms with E-state index in [2.05, 4.69) is 17.2 Å². The molecule has 0 aliphatic carbocycles. The van der Waals surface area contributed by atoms with Crippen molar-refractivity contribution < 1.29 is 19.1 Å². The van der Waals surface area contributed by atoms with E-state index in [-0.39, 0.29) is 19.1 Å². The molecule has 1 atom stereocenters. The van der Waals surface area contributed by atoms with Crippen LogP contribution in [0.25, 0.3) is 0 Å². The summed E-state index contributed by atoms with van der Waals surface area (Å²) >= 11 is 0. The molecule has 108 valence electrons. The Kier molecular flexibility index (Phi) is 7.99. The van der Waals surface area contributed by atoms with Crippen LogP contribution in [0.4, 0.5) is 4.79 Å². The van der Waals surface area contributed by atoms with Gasteiger partial charge in [0.15, 0.2) is 0 Å². The minimum absolute atomic E-state index is 0.0587. The highest BCUT2D eigenvalue weighted by Gasteiger charge is 2.22. The molecule has 7 nitrogen and oxygen atoms in total. The van der Waals surface area contributed by atoms with E-state index in [1.165, 1.54) is 6.08 Å². The van der Waals surface area contributed by atoms with Gasteiger partial charge in [0.1, 0.15) is 12.6 Å². The average Bonchev–Trinajstić information content (AvgIpc) is 2.31. The molecule has 0 fully saturated rings. The second-order valence-electron chi connectivity index (χ2n) is 4.40. The molecule has 0 aromatic carbocycles. The highest BCUT2D eigenvalue weighted by molar-refractivity contribution is 5.88. The number of carbonyl (C=O) groups is 3. The molecule has 7 heteroatoms. The molecule has 0 aliphatic heterocycles. The molecule has 0 rings (SSSR count). The van der Waals surface area contributed by atoms with Crippen LogP contribution >= 0.6 is 0 Å². The van der Waals surface area contributed by atoms with Crippen molar-refractivity contribution in [3.63, 3.8) is 0 Å². The molecule has 19 heavy (non-hydrogen) atoms. The highest BCUT2D eigenvalue weighted by atomic mass is 16.5. The first kappa shape index (κ1) is 16.9. The summed E-state index contributed by atoms with van der Waals surface area (Å²) in [7, 11) is 0. The number of primary amides is 1. The third-order valence-electron chi connectivity index (χ3n) is 2.08. The molecule has 0 aliphatic rings. The quantitative estimate of drug-likeness (QED) is 0.536. The zero-order valence-electron chi connectivity index (χ0n) is 11.3. The molecule has 0 bridgehead atoms. The van der Waals surface area contributed by atoms with Gasteiger partial charge in [-0.1, -0.05) is 26.5 Å². The predicted octanol–water partition coefficient (Wildman–Crippen LogP) is -0.0852. The zero-order chi connectivity index (χ0) is 14.8. The van der Waals surface area contributed by atoms with Crippen LogP contribution in [0.1, 0.15) is 20.3 Å². The second-order valence-corrected chi connectivity index (χ2v) is 4.40. The van der Waals surface area contributed by atoms with Gasteiger partial charge in [-0.3, -0.25) is 9.59 Å². The van der Waals surface area contributed by atoms with Gasteiger partial charge in [-0.25, -0.2) is 4.79 Å². The maximum absolute atomic E-state index is 11.8. The van der Waals surface area contributed by atoms with Crippen molar-refractivity contribution in [3.05, 3.63) is 12.7 Å². The van der Waals surface area contributed by atoms with E-state index >= 15 is 0 Å². The van der Waals surface area contributed by atoms with E-state index in [1.807, 2.05) is 13.8 Å². The number of nitrogens with two attached hydrogens (primary N) is 1. The maximum Gasteiger partial charge on any atom is 0.408 e. The third-order valence-corrected chi connectivity index (χ3v) is 2.08. The van der Waals surface area contributed by atoms with Gasteiger partial charge in [-0.2, -0.15) is 0 Å². The first-order valence-electron chi connectivity index (χ1n) is 5.97. The lowest BCUT2D eigenvalue weighted by molar-refractivity contribution is -0.126. The fourth-order valence-electron chi connectivity index (χ4n) is 1.32. The number of nitrogens with one attached hydrogen (secondary N) is 2. The summed E-state index contributed by atoms with van der Waals surface area (Å²) in [5, 5.41) is 4.78. The molecular weight excluding hydrogens is 250 g/mol. The van der Waals surface area contributed by atoms with Crippen molar-refractivity contribution in [2.45, 2.75) is 26.3 Å². The Labute approximate surface area is 112 Å². The van der Waals surface area contributed by atoms with E-state index < -0.39 is 23.9 Å². The van der Waals surface area contributed by atoms with Gasteiger partial charge >= 0.3 is 6.09 Å². The SMILES string of the molecule is C=CCOC(=O)NC(CC(C)C)C(=O)NCC(N)=O. The Morgan fingerprint density at radius 2 is 2.00 bits per heavy atom. The fraction of sp³-hybridized carbons (Fsp3) is 0.583. The van der Waals surface area contributed by atoms with Crippen LogP contribution in [0, 0.1) is 5.92 Å². The minimum atomic E-state index is -0.767. The van der Waals surface area contributed by atoms with E-state index in [4.69, 9.17) is 10.5 Å². The third kappa shape index (κ3) is 8.64. The largest absolute Gasteiger partial charge is 0.445 e. The van der Waals surface area contributed by atoms with Crippen molar-refractivity contribution in [1.82, 2.24) is 10.6 Å². The molecule has 3 amide bonds. The Morgan fingerprint density at radius 3 is 2.47 bits per heavy atom. The van der Waals surface area contributed by atoms with Crippen LogP contribution in [0.3, 0.4) is 0 Å². The molecule has 4 N–H and O–H groups in total. The first-order chi connectivity index (χ1) is 8.86. The van der Waals surface area contributed by atoms with Crippen LogP contribution in [0.15, 0.2) is 12.7 Å². The fourth-order valence-corrected chi connectivity index (χ4v) is 1.32. The summed E-state index contributed by atoms with van der Waals surface area (Å²) in [6.45, 7) is 7.02. The zero-order valence-corrected chi connectivity index (χ0v) is 11.3. The van der Waals surface area contributed by atoms with Gasteiger partial charge in [0.2, 0.25) is 11.8 Å². The average molecular weight is 271 g/mol. The van der Waals surface area contributed by atoms with Crippen molar-refractivity contribution in [2.75, 3.05) is 13.2 Å². The van der Waals surface area contributed by atoms with E-state index in [0.717, 1.165) is 0 Å². The summed E-state index contributed by atoms with van der Waals surface area (Å²) in [6.07, 6.45) is 1.14.